The van der Waals surface area contributed by atoms with E-state index in [9.17, 15) is 0 Å². The molecule has 0 saturated heterocycles. The topological polar surface area (TPSA) is 19.3 Å². The van der Waals surface area contributed by atoms with Gasteiger partial charge in [-0.25, -0.2) is 0 Å². The molecule has 0 spiro atoms. The van der Waals surface area contributed by atoms with Crippen molar-refractivity contribution >= 4 is 35.4 Å². The zero-order valence-electron chi connectivity index (χ0n) is 28.6. The standard InChI is InChI=1S/C28H39N2.C10H12O.2ClH.Ru/c1-20-13-21(26(2,3)4)16-24(14-20)29-11-12-30(19-29)25-17-22(27(5,6)7)15-23(18-25)28(8,9)10;1-8(2)11-10-7-5-4-6-9(10)3;;;/h11-19H,1-10H3;3-8H,1-2H3;2*1H;/q-1;;;;+2/p-1. The van der Waals surface area contributed by atoms with Crippen molar-refractivity contribution in [3.8, 4) is 5.75 Å². The number of ether oxygens (including phenoxy) is 1. The summed E-state index contributed by atoms with van der Waals surface area (Å²) >= 11 is -1.75. The number of hydrogen-bond donors (Lipinski definition) is 0. The van der Waals surface area contributed by atoms with Crippen molar-refractivity contribution in [2.75, 3.05) is 9.80 Å². The first-order chi connectivity index (χ1) is 20.2. The van der Waals surface area contributed by atoms with Crippen LogP contribution in [0.25, 0.3) is 0 Å². The van der Waals surface area contributed by atoms with Gasteiger partial charge in [-0.05, 0) is 82.1 Å². The third kappa shape index (κ3) is 10.5. The summed E-state index contributed by atoms with van der Waals surface area (Å²) in [6.07, 6.45) is 4.60. The van der Waals surface area contributed by atoms with Gasteiger partial charge < -0.3 is 9.80 Å². The Hall–Kier alpha value is -2.13. The summed E-state index contributed by atoms with van der Waals surface area (Å²) in [6, 6.07) is 21.8. The zero-order valence-corrected chi connectivity index (χ0v) is 31.9. The molecule has 242 valence electrons. The Kier molecular flexibility index (Phi) is 12.0. The number of para-hydroxylation sites is 1. The van der Waals surface area contributed by atoms with Crippen molar-refractivity contribution in [3.05, 3.63) is 108 Å². The number of aryl methyl sites for hydroxylation is 1. The van der Waals surface area contributed by atoms with Crippen LogP contribution < -0.4 is 9.80 Å². The maximum absolute atomic E-state index is 5.83. The SMILES string of the molecule is CC(C)[OH+]c1ccccc1[CH]=[Ru]([Cl])[Cl].Cc1cc(N2C=CN(c3cc(C(C)(C)C)cc(C(C)(C)C)c3)[CH-]2)cc(C(C)(C)C)c1. The van der Waals surface area contributed by atoms with E-state index in [1.54, 1.807) is 0 Å². The van der Waals surface area contributed by atoms with E-state index in [0.29, 0.717) is 0 Å². The Labute approximate surface area is 280 Å². The summed E-state index contributed by atoms with van der Waals surface area (Å²) < 4.78 is 6.41. The van der Waals surface area contributed by atoms with Gasteiger partial charge in [0.25, 0.3) is 0 Å². The van der Waals surface area contributed by atoms with Crippen LogP contribution in [0.5, 0.6) is 5.75 Å². The van der Waals surface area contributed by atoms with E-state index in [0.717, 1.165) is 11.3 Å². The molecule has 1 aliphatic heterocycles. The van der Waals surface area contributed by atoms with Crippen LogP contribution in [0.3, 0.4) is 0 Å². The van der Waals surface area contributed by atoms with Gasteiger partial charge in [0.1, 0.15) is 0 Å². The Morgan fingerprint density at radius 1 is 0.705 bits per heavy atom. The van der Waals surface area contributed by atoms with Gasteiger partial charge >= 0.3 is 97.8 Å². The van der Waals surface area contributed by atoms with Crippen molar-refractivity contribution in [2.45, 2.75) is 105 Å². The molecule has 0 radical (unpaired) electrons. The Balaban J connectivity index is 0.000000317. The predicted molar refractivity (Wildman–Crippen MR) is 192 cm³/mol. The van der Waals surface area contributed by atoms with Crippen LogP contribution in [-0.2, 0) is 29.8 Å². The fourth-order valence-electron chi connectivity index (χ4n) is 4.68. The number of aliphatic hydroxyl groups is 1. The molecule has 1 N–H and O–H groups in total. The largest absolute Gasteiger partial charge is 0.480 e. The van der Waals surface area contributed by atoms with Crippen LogP contribution in [0, 0.1) is 13.6 Å². The summed E-state index contributed by atoms with van der Waals surface area (Å²) in [5.74, 6) is 0.975. The minimum atomic E-state index is -1.75. The molecular formula is C38H52Cl2N2ORu. The summed E-state index contributed by atoms with van der Waals surface area (Å²) in [5, 5.41) is 0. The average Bonchev–Trinajstić information content (AvgIpc) is 3.38. The summed E-state index contributed by atoms with van der Waals surface area (Å²) in [5.41, 5.74) is 9.22. The second-order valence-electron chi connectivity index (χ2n) is 14.9. The van der Waals surface area contributed by atoms with E-state index in [2.05, 4.69) is 139 Å². The molecule has 0 unspecified atom stereocenters. The van der Waals surface area contributed by atoms with Crippen molar-refractivity contribution in [1.82, 2.24) is 0 Å². The monoisotopic (exact) mass is 724 g/mol. The molecule has 0 amide bonds. The quantitative estimate of drug-likeness (QED) is 0.148. The second-order valence-corrected chi connectivity index (χ2v) is 20.6. The van der Waals surface area contributed by atoms with E-state index in [4.69, 9.17) is 19.4 Å². The number of benzene rings is 3. The molecule has 1 aliphatic rings. The van der Waals surface area contributed by atoms with Crippen molar-refractivity contribution in [1.29, 1.82) is 0 Å². The summed E-state index contributed by atoms with van der Waals surface area (Å²) in [7, 11) is 11.7. The number of rotatable bonds is 5. The molecule has 1 heterocycles. The van der Waals surface area contributed by atoms with Gasteiger partial charge in [0.15, 0.2) is 0 Å². The van der Waals surface area contributed by atoms with Crippen LogP contribution in [0.15, 0.2) is 73.1 Å². The van der Waals surface area contributed by atoms with E-state index in [1.807, 2.05) is 42.7 Å². The van der Waals surface area contributed by atoms with Crippen LogP contribution in [-0.4, -0.2) is 15.5 Å². The Bertz CT molecular complexity index is 1450. The first-order valence-corrected chi connectivity index (χ1v) is 20.7. The molecule has 3 aromatic rings. The average molecular weight is 725 g/mol. The molecule has 6 heteroatoms. The maximum Gasteiger partial charge on any atom is 0.0130 e. The smallest absolute Gasteiger partial charge is 0.0130 e. The fourth-order valence-corrected chi connectivity index (χ4v) is 6.50. The minimum absolute atomic E-state index is 0.108. The van der Waals surface area contributed by atoms with Gasteiger partial charge in [-0.15, -0.1) is 6.67 Å². The molecule has 3 aromatic carbocycles. The predicted octanol–water partition coefficient (Wildman–Crippen LogP) is 11.2. The van der Waals surface area contributed by atoms with E-state index in [1.165, 1.54) is 33.6 Å². The van der Waals surface area contributed by atoms with E-state index >= 15 is 0 Å². The molecule has 0 fully saturated rings. The third-order valence-corrected chi connectivity index (χ3v) is 9.16. The molecule has 0 aromatic heterocycles. The number of nitrogens with zero attached hydrogens (tertiary/aromatic N) is 2. The zero-order chi connectivity index (χ0) is 33.0. The molecular weight excluding hydrogens is 672 g/mol. The molecule has 44 heavy (non-hydrogen) atoms. The van der Waals surface area contributed by atoms with Gasteiger partial charge in [0.2, 0.25) is 0 Å². The Morgan fingerprint density at radius 2 is 1.16 bits per heavy atom. The van der Waals surface area contributed by atoms with Crippen LogP contribution in [0.4, 0.5) is 11.4 Å². The van der Waals surface area contributed by atoms with Crippen LogP contribution in [0.1, 0.15) is 104 Å². The number of aromatic hydroxyl groups is 1. The molecule has 0 aliphatic carbocycles. The first-order valence-electron chi connectivity index (χ1n) is 15.3. The maximum atomic E-state index is 5.83. The minimum Gasteiger partial charge on any atom is -0.480 e. The van der Waals surface area contributed by atoms with Crippen LogP contribution in [0.2, 0.25) is 0 Å². The number of hydrogen-bond acceptors (Lipinski definition) is 2. The molecule has 4 rings (SSSR count). The molecule has 0 saturated carbocycles. The van der Waals surface area contributed by atoms with E-state index < -0.39 is 13.5 Å². The molecule has 0 bridgehead atoms. The molecule has 3 nitrogen and oxygen atoms in total. The Morgan fingerprint density at radius 3 is 1.61 bits per heavy atom. The normalized spacial score (nSPS) is 14.0. The van der Waals surface area contributed by atoms with Crippen molar-refractivity contribution in [3.63, 3.8) is 0 Å². The van der Waals surface area contributed by atoms with E-state index in [-0.39, 0.29) is 22.3 Å². The second kappa shape index (κ2) is 14.5. The number of halogens is 2. The van der Waals surface area contributed by atoms with Crippen LogP contribution >= 0.6 is 19.4 Å². The van der Waals surface area contributed by atoms with Crippen molar-refractivity contribution in [2.24, 2.45) is 0 Å². The van der Waals surface area contributed by atoms with Gasteiger partial charge in [-0.3, -0.25) is 0 Å². The van der Waals surface area contributed by atoms with Gasteiger partial charge in [0, 0.05) is 11.4 Å². The summed E-state index contributed by atoms with van der Waals surface area (Å²) in [4.78, 5) is 4.46. The van der Waals surface area contributed by atoms with Gasteiger partial charge in [-0.1, -0.05) is 74.4 Å². The first kappa shape index (κ1) is 36.3. The number of anilines is 2. The molecule has 0 atom stereocenters. The van der Waals surface area contributed by atoms with Crippen molar-refractivity contribution < 1.29 is 18.3 Å². The third-order valence-electron chi connectivity index (χ3n) is 7.33. The summed E-state index contributed by atoms with van der Waals surface area (Å²) in [6.45, 7) is 29.0. The van der Waals surface area contributed by atoms with Gasteiger partial charge in [0.05, 0.1) is 0 Å². The fraction of sp³-hybridized carbons (Fsp3) is 0.421. The van der Waals surface area contributed by atoms with Gasteiger partial charge in [-0.2, -0.15) is 0 Å².